The van der Waals surface area contributed by atoms with E-state index in [1.807, 2.05) is 12.1 Å². The zero-order chi connectivity index (χ0) is 14.4. The summed E-state index contributed by atoms with van der Waals surface area (Å²) in [5, 5.41) is 21.4. The molecule has 0 saturated carbocycles. The second-order valence-corrected chi connectivity index (χ2v) is 4.82. The summed E-state index contributed by atoms with van der Waals surface area (Å²) in [6, 6.07) is 9.01. The van der Waals surface area contributed by atoms with Crippen molar-refractivity contribution < 1.29 is 14.6 Å². The molecule has 0 bridgehead atoms. The number of ether oxygens (including phenoxy) is 1. The molecule has 1 amide bonds. The van der Waals surface area contributed by atoms with Gasteiger partial charge in [0.15, 0.2) is 0 Å². The average Bonchev–Trinajstić information content (AvgIpc) is 2.90. The number of amides is 1. The minimum absolute atomic E-state index is 0.175. The van der Waals surface area contributed by atoms with Crippen LogP contribution in [0.2, 0.25) is 0 Å². The van der Waals surface area contributed by atoms with E-state index < -0.39 is 5.60 Å². The smallest absolute Gasteiger partial charge is 0.244 e. The monoisotopic (exact) mass is 272 g/mol. The van der Waals surface area contributed by atoms with Gasteiger partial charge in [-0.3, -0.25) is 4.79 Å². The van der Waals surface area contributed by atoms with Gasteiger partial charge in [-0.15, -0.1) is 0 Å². The normalized spacial score (nSPS) is 21.8. The highest BCUT2D eigenvalue weighted by Crippen LogP contribution is 2.16. The van der Waals surface area contributed by atoms with Gasteiger partial charge >= 0.3 is 0 Å². The summed E-state index contributed by atoms with van der Waals surface area (Å²) in [6.07, 6.45) is 3.54. The number of benzene rings is 1. The lowest BCUT2D eigenvalue weighted by atomic mass is 10.0. The number of hydrogen-bond donors (Lipinski definition) is 2. The van der Waals surface area contributed by atoms with Crippen molar-refractivity contribution >= 4 is 12.0 Å². The number of nitrogens with one attached hydrogen (secondary N) is 1. The maximum absolute atomic E-state index is 11.7. The summed E-state index contributed by atoms with van der Waals surface area (Å²) in [5.41, 5.74) is 0.372. The van der Waals surface area contributed by atoms with E-state index in [-0.39, 0.29) is 19.1 Å². The van der Waals surface area contributed by atoms with Gasteiger partial charge < -0.3 is 15.2 Å². The number of carbonyl (C=O) groups is 1. The zero-order valence-corrected chi connectivity index (χ0v) is 11.0. The van der Waals surface area contributed by atoms with Crippen LogP contribution < -0.4 is 5.32 Å². The minimum Gasteiger partial charge on any atom is -0.386 e. The Bertz CT molecular complexity index is 554. The fourth-order valence-corrected chi connectivity index (χ4v) is 1.93. The van der Waals surface area contributed by atoms with E-state index in [4.69, 9.17) is 10.00 Å². The van der Waals surface area contributed by atoms with E-state index in [0.717, 1.165) is 5.56 Å². The van der Waals surface area contributed by atoms with Gasteiger partial charge in [0.25, 0.3) is 0 Å². The van der Waals surface area contributed by atoms with Crippen LogP contribution >= 0.6 is 0 Å². The quantitative estimate of drug-likeness (QED) is 0.796. The number of carbonyl (C=O) groups excluding carboxylic acids is 1. The van der Waals surface area contributed by atoms with E-state index in [1.165, 1.54) is 6.08 Å². The van der Waals surface area contributed by atoms with Crippen LogP contribution in [0.25, 0.3) is 6.08 Å². The first-order chi connectivity index (χ1) is 9.61. The Labute approximate surface area is 117 Å². The molecule has 1 aromatic rings. The Morgan fingerprint density at radius 3 is 3.15 bits per heavy atom. The van der Waals surface area contributed by atoms with Gasteiger partial charge in [0, 0.05) is 25.6 Å². The molecular formula is C15H16N2O3. The second kappa shape index (κ2) is 6.33. The average molecular weight is 272 g/mol. The van der Waals surface area contributed by atoms with Crippen LogP contribution in [0.3, 0.4) is 0 Å². The Balaban J connectivity index is 1.87. The summed E-state index contributed by atoms with van der Waals surface area (Å²) in [4.78, 5) is 11.7. The molecule has 5 heteroatoms. The fraction of sp³-hybridized carbons (Fsp3) is 0.333. The first-order valence-electron chi connectivity index (χ1n) is 6.37. The Hall–Kier alpha value is -2.16. The molecule has 0 spiro atoms. The minimum atomic E-state index is -0.954. The van der Waals surface area contributed by atoms with Gasteiger partial charge in [0.05, 0.1) is 18.2 Å². The lowest BCUT2D eigenvalue weighted by molar-refractivity contribution is -0.117. The van der Waals surface area contributed by atoms with Crippen molar-refractivity contribution in [1.82, 2.24) is 5.32 Å². The zero-order valence-electron chi connectivity index (χ0n) is 11.0. The molecule has 1 aliphatic rings. The third-order valence-electron chi connectivity index (χ3n) is 3.12. The molecule has 1 unspecified atom stereocenters. The molecule has 20 heavy (non-hydrogen) atoms. The molecule has 2 N–H and O–H groups in total. The highest BCUT2D eigenvalue weighted by atomic mass is 16.5. The summed E-state index contributed by atoms with van der Waals surface area (Å²) < 4.78 is 5.10. The first kappa shape index (κ1) is 14.3. The van der Waals surface area contributed by atoms with E-state index in [1.54, 1.807) is 24.3 Å². The first-order valence-corrected chi connectivity index (χ1v) is 6.37. The van der Waals surface area contributed by atoms with Crippen molar-refractivity contribution in [1.29, 1.82) is 5.26 Å². The van der Waals surface area contributed by atoms with Gasteiger partial charge in [0.1, 0.15) is 5.60 Å². The van der Waals surface area contributed by atoms with Crippen LogP contribution in [0, 0.1) is 11.3 Å². The van der Waals surface area contributed by atoms with Gasteiger partial charge in [-0.2, -0.15) is 5.26 Å². The molecule has 1 fully saturated rings. The molecule has 1 saturated heterocycles. The third kappa shape index (κ3) is 3.92. The maximum atomic E-state index is 11.7. The second-order valence-electron chi connectivity index (χ2n) is 4.82. The predicted molar refractivity (Wildman–Crippen MR) is 73.6 cm³/mol. The van der Waals surface area contributed by atoms with Crippen LogP contribution in [0.15, 0.2) is 30.3 Å². The predicted octanol–water partition coefficient (Wildman–Crippen LogP) is 0.839. The van der Waals surface area contributed by atoms with E-state index in [9.17, 15) is 9.90 Å². The lowest BCUT2D eigenvalue weighted by Crippen LogP contribution is -2.42. The van der Waals surface area contributed by atoms with Crippen molar-refractivity contribution in [2.75, 3.05) is 19.8 Å². The highest BCUT2D eigenvalue weighted by Gasteiger charge is 2.32. The SMILES string of the molecule is N#Cc1cccc(/C=C/C(=O)NCC2(O)CCOC2)c1. The number of rotatable bonds is 4. The van der Waals surface area contributed by atoms with E-state index in [0.29, 0.717) is 18.6 Å². The molecule has 5 nitrogen and oxygen atoms in total. The van der Waals surface area contributed by atoms with Crippen LogP contribution in [-0.4, -0.2) is 36.4 Å². The molecule has 1 aliphatic heterocycles. The van der Waals surface area contributed by atoms with E-state index >= 15 is 0 Å². The molecule has 104 valence electrons. The third-order valence-corrected chi connectivity index (χ3v) is 3.12. The van der Waals surface area contributed by atoms with Crippen molar-refractivity contribution in [3.63, 3.8) is 0 Å². The van der Waals surface area contributed by atoms with E-state index in [2.05, 4.69) is 5.32 Å². The molecular weight excluding hydrogens is 256 g/mol. The molecule has 1 atom stereocenters. The lowest BCUT2D eigenvalue weighted by Gasteiger charge is -2.19. The Kier molecular flexibility index (Phi) is 4.51. The molecule has 0 aliphatic carbocycles. The highest BCUT2D eigenvalue weighted by molar-refractivity contribution is 5.91. The van der Waals surface area contributed by atoms with Gasteiger partial charge in [-0.05, 0) is 23.8 Å². The van der Waals surface area contributed by atoms with Gasteiger partial charge in [0.2, 0.25) is 5.91 Å². The molecule has 1 aromatic carbocycles. The van der Waals surface area contributed by atoms with Gasteiger partial charge in [-0.1, -0.05) is 12.1 Å². The largest absolute Gasteiger partial charge is 0.386 e. The molecule has 1 heterocycles. The van der Waals surface area contributed by atoms with Crippen LogP contribution in [-0.2, 0) is 9.53 Å². The Morgan fingerprint density at radius 1 is 1.60 bits per heavy atom. The fourth-order valence-electron chi connectivity index (χ4n) is 1.93. The van der Waals surface area contributed by atoms with Crippen molar-refractivity contribution in [2.45, 2.75) is 12.0 Å². The van der Waals surface area contributed by atoms with Crippen LogP contribution in [0.4, 0.5) is 0 Å². The standard InChI is InChI=1S/C15H16N2O3/c16-9-13-3-1-2-12(8-13)4-5-14(18)17-10-15(19)6-7-20-11-15/h1-5,8,19H,6-7,10-11H2,(H,17,18)/b5-4+. The van der Waals surface area contributed by atoms with Crippen molar-refractivity contribution in [2.24, 2.45) is 0 Å². The Morgan fingerprint density at radius 2 is 2.45 bits per heavy atom. The molecule has 2 rings (SSSR count). The van der Waals surface area contributed by atoms with Crippen LogP contribution in [0.1, 0.15) is 17.5 Å². The van der Waals surface area contributed by atoms with Crippen LogP contribution in [0.5, 0.6) is 0 Å². The molecule has 0 radical (unpaired) electrons. The summed E-state index contributed by atoms with van der Waals surface area (Å²) in [6.45, 7) is 0.943. The number of nitriles is 1. The van der Waals surface area contributed by atoms with Crippen molar-refractivity contribution in [3.05, 3.63) is 41.5 Å². The van der Waals surface area contributed by atoms with Crippen molar-refractivity contribution in [3.8, 4) is 6.07 Å². The summed E-state index contributed by atoms with van der Waals surface area (Å²) >= 11 is 0. The summed E-state index contributed by atoms with van der Waals surface area (Å²) in [7, 11) is 0. The number of nitrogens with zero attached hydrogens (tertiary/aromatic N) is 1. The number of hydrogen-bond acceptors (Lipinski definition) is 4. The molecule has 0 aromatic heterocycles. The maximum Gasteiger partial charge on any atom is 0.244 e. The number of aliphatic hydroxyl groups is 1. The topological polar surface area (TPSA) is 82.4 Å². The van der Waals surface area contributed by atoms with Gasteiger partial charge in [-0.25, -0.2) is 0 Å². The summed E-state index contributed by atoms with van der Waals surface area (Å²) in [5.74, 6) is -0.285.